The maximum atomic E-state index is 12.3. The number of carbonyl (C=O) groups excluding carboxylic acids is 3. The van der Waals surface area contributed by atoms with Gasteiger partial charge in [-0.15, -0.1) is 11.3 Å². The van der Waals surface area contributed by atoms with Crippen molar-refractivity contribution in [3.8, 4) is 0 Å². The van der Waals surface area contributed by atoms with E-state index in [1.807, 2.05) is 12.2 Å². The molecule has 0 radical (unpaired) electrons. The topological polar surface area (TPSA) is 109 Å². The number of aromatic nitrogens is 2. The minimum absolute atomic E-state index is 0.0109. The van der Waals surface area contributed by atoms with Gasteiger partial charge in [-0.25, -0.2) is 4.98 Å². The average Bonchev–Trinajstić information content (AvgIpc) is 3.23. The molecule has 0 unspecified atom stereocenters. The number of hydrogen-bond acceptors (Lipinski definition) is 7. The highest BCUT2D eigenvalue weighted by Gasteiger charge is 2.46. The van der Waals surface area contributed by atoms with Gasteiger partial charge in [0.05, 0.1) is 23.8 Å². The van der Waals surface area contributed by atoms with Crippen molar-refractivity contribution in [1.29, 1.82) is 0 Å². The molecule has 1 N–H and O–H groups in total. The van der Waals surface area contributed by atoms with E-state index >= 15 is 0 Å². The van der Waals surface area contributed by atoms with E-state index in [1.54, 1.807) is 11.4 Å². The van der Waals surface area contributed by atoms with Crippen LogP contribution in [0.2, 0.25) is 0 Å². The summed E-state index contributed by atoms with van der Waals surface area (Å²) in [6, 6.07) is 1.72. The quantitative estimate of drug-likeness (QED) is 0.471. The van der Waals surface area contributed by atoms with Crippen LogP contribution < -0.4 is 5.56 Å². The zero-order valence-corrected chi connectivity index (χ0v) is 15.2. The van der Waals surface area contributed by atoms with Gasteiger partial charge in [0.1, 0.15) is 17.1 Å². The van der Waals surface area contributed by atoms with E-state index in [2.05, 4.69) is 9.97 Å². The fourth-order valence-electron chi connectivity index (χ4n) is 3.50. The highest BCUT2D eigenvalue weighted by Crippen LogP contribution is 2.35. The Kier molecular flexibility index (Phi) is 4.61. The largest absolute Gasteiger partial charge is 0.457 e. The van der Waals surface area contributed by atoms with E-state index in [0.717, 1.165) is 0 Å². The van der Waals surface area contributed by atoms with Crippen LogP contribution in [0.3, 0.4) is 0 Å². The molecule has 8 nitrogen and oxygen atoms in total. The lowest BCUT2D eigenvalue weighted by atomic mass is 9.85. The first-order chi connectivity index (χ1) is 13.0. The number of imide groups is 1. The number of esters is 1. The maximum absolute atomic E-state index is 12.3. The Morgan fingerprint density at radius 2 is 1.93 bits per heavy atom. The SMILES string of the molecule is O=C(CCN1C(=O)[C@H]2CC=CC[C@@H]2C1=O)OCc1nc2ccsc2c(=O)[nH]1. The Hall–Kier alpha value is -2.81. The average molecular weight is 387 g/mol. The summed E-state index contributed by atoms with van der Waals surface area (Å²) >= 11 is 1.29. The van der Waals surface area contributed by atoms with Gasteiger partial charge in [0, 0.05) is 6.54 Å². The van der Waals surface area contributed by atoms with Crippen LogP contribution in [-0.4, -0.2) is 39.2 Å². The number of carbonyl (C=O) groups is 3. The summed E-state index contributed by atoms with van der Waals surface area (Å²) in [7, 11) is 0. The van der Waals surface area contributed by atoms with Crippen LogP contribution in [0.25, 0.3) is 10.2 Å². The van der Waals surface area contributed by atoms with Crippen LogP contribution >= 0.6 is 11.3 Å². The molecule has 1 fully saturated rings. The van der Waals surface area contributed by atoms with Crippen LogP contribution in [0, 0.1) is 11.8 Å². The number of ether oxygens (including phenoxy) is 1. The van der Waals surface area contributed by atoms with Crippen LogP contribution in [0.1, 0.15) is 25.1 Å². The van der Waals surface area contributed by atoms with Gasteiger partial charge in [0.25, 0.3) is 5.56 Å². The predicted molar refractivity (Wildman–Crippen MR) is 96.7 cm³/mol. The lowest BCUT2D eigenvalue weighted by Crippen LogP contribution is -2.33. The van der Waals surface area contributed by atoms with Crippen molar-refractivity contribution in [3.05, 3.63) is 39.8 Å². The first kappa shape index (κ1) is 17.6. The molecule has 9 heteroatoms. The highest BCUT2D eigenvalue weighted by molar-refractivity contribution is 7.17. The number of hydrogen-bond donors (Lipinski definition) is 1. The van der Waals surface area contributed by atoms with Gasteiger partial charge >= 0.3 is 5.97 Å². The van der Waals surface area contributed by atoms with Crippen LogP contribution in [0.4, 0.5) is 0 Å². The number of thiophene rings is 1. The Balaban J connectivity index is 1.32. The van der Waals surface area contributed by atoms with Gasteiger partial charge < -0.3 is 9.72 Å². The van der Waals surface area contributed by atoms with Gasteiger partial charge in [0.15, 0.2) is 0 Å². The molecule has 2 amide bonds. The summed E-state index contributed by atoms with van der Waals surface area (Å²) in [4.78, 5) is 56.6. The van der Waals surface area contributed by atoms with Gasteiger partial charge in [-0.2, -0.15) is 0 Å². The zero-order chi connectivity index (χ0) is 19.0. The number of rotatable bonds is 5. The summed E-state index contributed by atoms with van der Waals surface area (Å²) in [5, 5.41) is 1.76. The monoisotopic (exact) mass is 387 g/mol. The van der Waals surface area contributed by atoms with Crippen molar-refractivity contribution in [2.45, 2.75) is 25.9 Å². The van der Waals surface area contributed by atoms with Crippen LogP contribution in [0.15, 0.2) is 28.4 Å². The van der Waals surface area contributed by atoms with Crippen molar-refractivity contribution in [2.24, 2.45) is 11.8 Å². The summed E-state index contributed by atoms with van der Waals surface area (Å²) in [6.07, 6.45) is 4.89. The van der Waals surface area contributed by atoms with E-state index in [1.165, 1.54) is 16.2 Å². The van der Waals surface area contributed by atoms with Crippen molar-refractivity contribution in [2.75, 3.05) is 6.54 Å². The highest BCUT2D eigenvalue weighted by atomic mass is 32.1. The molecule has 140 valence electrons. The summed E-state index contributed by atoms with van der Waals surface area (Å²) in [5.74, 6) is -1.33. The van der Waals surface area contributed by atoms with Crippen LogP contribution in [-0.2, 0) is 25.7 Å². The molecule has 1 aliphatic heterocycles. The third-order valence-electron chi connectivity index (χ3n) is 4.87. The fourth-order valence-corrected chi connectivity index (χ4v) is 4.23. The molecule has 3 heterocycles. The van der Waals surface area contributed by atoms with E-state index < -0.39 is 5.97 Å². The van der Waals surface area contributed by atoms with E-state index in [-0.39, 0.29) is 54.6 Å². The normalized spacial score (nSPS) is 21.7. The first-order valence-corrected chi connectivity index (χ1v) is 9.55. The number of allylic oxidation sites excluding steroid dienone is 2. The summed E-state index contributed by atoms with van der Waals surface area (Å²) in [5.41, 5.74) is 0.282. The Labute approximate surface area is 157 Å². The lowest BCUT2D eigenvalue weighted by Gasteiger charge is -2.14. The Morgan fingerprint density at radius 3 is 2.63 bits per heavy atom. The fraction of sp³-hybridized carbons (Fsp3) is 0.389. The number of likely N-dealkylation sites (tertiary alicyclic amines) is 1. The number of H-pyrrole nitrogens is 1. The first-order valence-electron chi connectivity index (χ1n) is 8.67. The molecule has 2 atom stereocenters. The molecule has 2 aliphatic rings. The van der Waals surface area contributed by atoms with E-state index in [4.69, 9.17) is 4.74 Å². The molecule has 4 rings (SSSR count). The number of fused-ring (bicyclic) bond motifs is 2. The zero-order valence-electron chi connectivity index (χ0n) is 14.3. The molecule has 1 aliphatic carbocycles. The second-order valence-electron chi connectivity index (χ2n) is 6.54. The van der Waals surface area contributed by atoms with Gasteiger partial charge in [-0.3, -0.25) is 24.1 Å². The van der Waals surface area contributed by atoms with Crippen LogP contribution in [0.5, 0.6) is 0 Å². The standard InChI is InChI=1S/C18H17N3O5S/c22-14(26-9-13-19-12-6-8-27-15(12)16(23)20-13)5-7-21-17(24)10-3-1-2-4-11(10)18(21)25/h1-2,6,8,10-11H,3-5,7,9H2,(H,19,20,23)/t10-,11-/m0/s1. The molecule has 2 aromatic heterocycles. The number of amides is 2. The molecule has 27 heavy (non-hydrogen) atoms. The van der Waals surface area contributed by atoms with Gasteiger partial charge in [-0.1, -0.05) is 12.2 Å². The van der Waals surface area contributed by atoms with Gasteiger partial charge in [-0.05, 0) is 24.3 Å². The van der Waals surface area contributed by atoms with Crippen molar-refractivity contribution >= 4 is 39.3 Å². The molecule has 0 spiro atoms. The second kappa shape index (κ2) is 7.07. The Bertz CT molecular complexity index is 982. The summed E-state index contributed by atoms with van der Waals surface area (Å²) in [6.45, 7) is -0.159. The third kappa shape index (κ3) is 3.30. The number of aromatic amines is 1. The third-order valence-corrected chi connectivity index (χ3v) is 5.77. The Morgan fingerprint density at radius 1 is 1.22 bits per heavy atom. The smallest absolute Gasteiger partial charge is 0.308 e. The molecular weight excluding hydrogens is 370 g/mol. The molecule has 2 aromatic rings. The van der Waals surface area contributed by atoms with Crippen molar-refractivity contribution in [1.82, 2.24) is 14.9 Å². The number of nitrogens with one attached hydrogen (secondary N) is 1. The van der Waals surface area contributed by atoms with Crippen molar-refractivity contribution in [3.63, 3.8) is 0 Å². The minimum Gasteiger partial charge on any atom is -0.457 e. The maximum Gasteiger partial charge on any atom is 0.308 e. The van der Waals surface area contributed by atoms with Gasteiger partial charge in [0.2, 0.25) is 11.8 Å². The minimum atomic E-state index is -0.559. The molecule has 0 saturated carbocycles. The van der Waals surface area contributed by atoms with E-state index in [9.17, 15) is 19.2 Å². The molecule has 1 saturated heterocycles. The molecular formula is C18H17N3O5S. The van der Waals surface area contributed by atoms with E-state index in [0.29, 0.717) is 23.1 Å². The second-order valence-corrected chi connectivity index (χ2v) is 7.46. The lowest BCUT2D eigenvalue weighted by molar-refractivity contribution is -0.147. The summed E-state index contributed by atoms with van der Waals surface area (Å²) < 4.78 is 5.65. The van der Waals surface area contributed by atoms with Crippen molar-refractivity contribution < 1.29 is 19.1 Å². The molecule has 0 aromatic carbocycles. The number of nitrogens with zero attached hydrogens (tertiary/aromatic N) is 2. The predicted octanol–water partition coefficient (Wildman–Crippen LogP) is 1.37. The molecule has 0 bridgehead atoms.